The fourth-order valence-corrected chi connectivity index (χ4v) is 1.53. The van der Waals surface area contributed by atoms with E-state index in [-0.39, 0.29) is 5.54 Å². The van der Waals surface area contributed by atoms with Crippen molar-refractivity contribution in [3.63, 3.8) is 0 Å². The van der Waals surface area contributed by atoms with Crippen LogP contribution < -0.4 is 5.32 Å². The Morgan fingerprint density at radius 1 is 1.50 bits per heavy atom. The van der Waals surface area contributed by atoms with Crippen LogP contribution in [-0.2, 0) is 9.47 Å². The number of hydrogen-bond donors (Lipinski definition) is 1. The highest BCUT2D eigenvalue weighted by molar-refractivity contribution is 4.98. The molecule has 0 radical (unpaired) electrons. The zero-order valence-electron chi connectivity index (χ0n) is 10.8. The molecule has 16 heavy (non-hydrogen) atoms. The topological polar surface area (TPSA) is 30.5 Å². The maximum Gasteiger partial charge on any atom is 0.0686 e. The molecule has 3 nitrogen and oxygen atoms in total. The van der Waals surface area contributed by atoms with Gasteiger partial charge in [0.1, 0.15) is 0 Å². The fourth-order valence-electron chi connectivity index (χ4n) is 1.53. The Kier molecular flexibility index (Phi) is 5.46. The van der Waals surface area contributed by atoms with E-state index >= 15 is 0 Å². The number of nitrogens with one attached hydrogen (secondary N) is 1. The Morgan fingerprint density at radius 3 is 2.81 bits per heavy atom. The Bertz CT molecular complexity index is 214. The van der Waals surface area contributed by atoms with Crippen LogP contribution in [0.2, 0.25) is 0 Å². The number of hydrogen-bond acceptors (Lipinski definition) is 3. The van der Waals surface area contributed by atoms with Gasteiger partial charge in [-0.1, -0.05) is 6.58 Å². The Hall–Kier alpha value is -0.380. The van der Waals surface area contributed by atoms with Gasteiger partial charge in [0.2, 0.25) is 0 Å². The molecule has 0 aromatic rings. The second-order valence-electron chi connectivity index (χ2n) is 5.60. The van der Waals surface area contributed by atoms with Gasteiger partial charge in [0.15, 0.2) is 0 Å². The lowest BCUT2D eigenvalue weighted by molar-refractivity contribution is 0.103. The van der Waals surface area contributed by atoms with E-state index in [1.807, 2.05) is 0 Å². The Morgan fingerprint density at radius 2 is 2.25 bits per heavy atom. The van der Waals surface area contributed by atoms with Crippen LogP contribution in [0, 0.1) is 5.92 Å². The van der Waals surface area contributed by atoms with Crippen molar-refractivity contribution >= 4 is 0 Å². The predicted octanol–water partition coefficient (Wildman–Crippen LogP) is 1.98. The highest BCUT2D eigenvalue weighted by atomic mass is 16.5. The molecule has 0 aromatic heterocycles. The third-order valence-electron chi connectivity index (χ3n) is 2.55. The minimum atomic E-state index is 0.141. The average Bonchev–Trinajstić information content (AvgIpc) is 2.66. The quantitative estimate of drug-likeness (QED) is 0.704. The number of rotatable bonds is 6. The zero-order chi connectivity index (χ0) is 12.0. The normalized spacial score (nSPS) is 21.3. The first kappa shape index (κ1) is 13.7. The maximum absolute atomic E-state index is 5.63. The third-order valence-corrected chi connectivity index (χ3v) is 2.55. The van der Waals surface area contributed by atoms with E-state index in [1.165, 1.54) is 0 Å². The van der Waals surface area contributed by atoms with Gasteiger partial charge in [0, 0.05) is 24.6 Å². The molecule has 1 aliphatic heterocycles. The monoisotopic (exact) mass is 227 g/mol. The molecular weight excluding hydrogens is 202 g/mol. The lowest BCUT2D eigenvalue weighted by atomic mass is 10.1. The highest BCUT2D eigenvalue weighted by Gasteiger charge is 2.15. The Labute approximate surface area is 99.2 Å². The summed E-state index contributed by atoms with van der Waals surface area (Å²) in [5.41, 5.74) is 1.25. The van der Waals surface area contributed by atoms with Gasteiger partial charge in [-0.2, -0.15) is 0 Å². The van der Waals surface area contributed by atoms with Crippen molar-refractivity contribution in [3.05, 3.63) is 12.2 Å². The van der Waals surface area contributed by atoms with E-state index in [9.17, 15) is 0 Å². The standard InChI is InChI=1S/C13H25NO2/c1-11(7-14-13(2,3)4)8-16-10-12-5-6-15-9-12/h12,14H,1,5-10H2,2-4H3. The van der Waals surface area contributed by atoms with Crippen LogP contribution in [-0.4, -0.2) is 38.5 Å². The summed E-state index contributed by atoms with van der Waals surface area (Å²) >= 11 is 0. The molecule has 0 amide bonds. The molecule has 1 rings (SSSR count). The van der Waals surface area contributed by atoms with E-state index in [2.05, 4.69) is 32.7 Å². The fraction of sp³-hybridized carbons (Fsp3) is 0.846. The summed E-state index contributed by atoms with van der Waals surface area (Å²) in [5, 5.41) is 3.40. The summed E-state index contributed by atoms with van der Waals surface area (Å²) in [6, 6.07) is 0. The first-order valence-corrected chi connectivity index (χ1v) is 6.04. The number of ether oxygens (including phenoxy) is 2. The van der Waals surface area contributed by atoms with E-state index in [0.717, 1.165) is 38.4 Å². The molecule has 0 saturated carbocycles. The highest BCUT2D eigenvalue weighted by Crippen LogP contribution is 2.12. The lowest BCUT2D eigenvalue weighted by Crippen LogP contribution is -2.37. The SMILES string of the molecule is C=C(CNC(C)(C)C)COCC1CCOC1. The second kappa shape index (κ2) is 6.38. The molecule has 0 aromatic carbocycles. The van der Waals surface area contributed by atoms with Crippen LogP contribution in [0.1, 0.15) is 27.2 Å². The molecule has 1 heterocycles. The van der Waals surface area contributed by atoms with Crippen molar-refractivity contribution in [1.82, 2.24) is 5.32 Å². The molecule has 0 aliphatic carbocycles. The molecule has 1 atom stereocenters. The van der Waals surface area contributed by atoms with Crippen molar-refractivity contribution < 1.29 is 9.47 Å². The molecule has 1 fully saturated rings. The van der Waals surface area contributed by atoms with Gasteiger partial charge in [-0.15, -0.1) is 0 Å². The molecule has 1 saturated heterocycles. The van der Waals surface area contributed by atoms with E-state index < -0.39 is 0 Å². The summed E-state index contributed by atoms with van der Waals surface area (Å²) in [6.45, 7) is 14.5. The summed E-state index contributed by atoms with van der Waals surface area (Å²) in [5.74, 6) is 0.586. The van der Waals surface area contributed by atoms with Gasteiger partial charge < -0.3 is 14.8 Å². The van der Waals surface area contributed by atoms with Crippen LogP contribution >= 0.6 is 0 Å². The van der Waals surface area contributed by atoms with Gasteiger partial charge in [-0.05, 0) is 32.8 Å². The largest absolute Gasteiger partial charge is 0.381 e. The van der Waals surface area contributed by atoms with E-state index in [0.29, 0.717) is 12.5 Å². The molecule has 0 bridgehead atoms. The van der Waals surface area contributed by atoms with Crippen molar-refractivity contribution in [3.8, 4) is 0 Å². The maximum atomic E-state index is 5.63. The summed E-state index contributed by atoms with van der Waals surface area (Å²) in [7, 11) is 0. The molecular formula is C13H25NO2. The van der Waals surface area contributed by atoms with Gasteiger partial charge in [-0.3, -0.25) is 0 Å². The van der Waals surface area contributed by atoms with Crippen molar-refractivity contribution in [1.29, 1.82) is 0 Å². The second-order valence-corrected chi connectivity index (χ2v) is 5.60. The van der Waals surface area contributed by atoms with Crippen LogP contribution in [0.4, 0.5) is 0 Å². The summed E-state index contributed by atoms with van der Waals surface area (Å²) in [6.07, 6.45) is 1.13. The smallest absolute Gasteiger partial charge is 0.0686 e. The van der Waals surface area contributed by atoms with Crippen LogP contribution in [0.25, 0.3) is 0 Å². The van der Waals surface area contributed by atoms with Crippen molar-refractivity contribution in [2.75, 3.05) is 33.0 Å². The van der Waals surface area contributed by atoms with Crippen LogP contribution in [0.15, 0.2) is 12.2 Å². The molecule has 0 spiro atoms. The minimum absolute atomic E-state index is 0.141. The van der Waals surface area contributed by atoms with Gasteiger partial charge in [-0.25, -0.2) is 0 Å². The molecule has 1 aliphatic rings. The molecule has 3 heteroatoms. The minimum Gasteiger partial charge on any atom is -0.381 e. The molecule has 1 N–H and O–H groups in total. The first-order valence-electron chi connectivity index (χ1n) is 6.04. The Balaban J connectivity index is 2.01. The van der Waals surface area contributed by atoms with E-state index in [4.69, 9.17) is 9.47 Å². The van der Waals surface area contributed by atoms with Crippen molar-refractivity contribution in [2.45, 2.75) is 32.7 Å². The molecule has 1 unspecified atom stereocenters. The van der Waals surface area contributed by atoms with E-state index in [1.54, 1.807) is 0 Å². The van der Waals surface area contributed by atoms with Crippen molar-refractivity contribution in [2.24, 2.45) is 5.92 Å². The lowest BCUT2D eigenvalue weighted by Gasteiger charge is -2.21. The molecule has 94 valence electrons. The van der Waals surface area contributed by atoms with Crippen LogP contribution in [0.5, 0.6) is 0 Å². The average molecular weight is 227 g/mol. The third kappa shape index (κ3) is 6.26. The van der Waals surface area contributed by atoms with Gasteiger partial charge in [0.25, 0.3) is 0 Å². The van der Waals surface area contributed by atoms with Gasteiger partial charge in [0.05, 0.1) is 19.8 Å². The van der Waals surface area contributed by atoms with Crippen LogP contribution in [0.3, 0.4) is 0 Å². The predicted molar refractivity (Wildman–Crippen MR) is 66.6 cm³/mol. The summed E-state index contributed by atoms with van der Waals surface area (Å²) < 4.78 is 10.9. The zero-order valence-corrected chi connectivity index (χ0v) is 10.8. The first-order chi connectivity index (χ1) is 7.47. The van der Waals surface area contributed by atoms with Gasteiger partial charge >= 0.3 is 0 Å². The summed E-state index contributed by atoms with van der Waals surface area (Å²) in [4.78, 5) is 0.